The van der Waals surface area contributed by atoms with Crippen molar-refractivity contribution in [2.24, 2.45) is 5.10 Å². The highest BCUT2D eigenvalue weighted by Crippen LogP contribution is 2.18. The molecule has 0 radical (unpaired) electrons. The number of benzene rings is 1. The SMILES string of the molecule is CN1N=C(C(=O)NCc2cc3ccccc3o2)CCC1=O. The van der Waals surface area contributed by atoms with Crippen LogP contribution in [0.3, 0.4) is 0 Å². The number of rotatable bonds is 3. The van der Waals surface area contributed by atoms with Gasteiger partial charge in [-0.15, -0.1) is 0 Å². The lowest BCUT2D eigenvalue weighted by Crippen LogP contribution is -2.37. The van der Waals surface area contributed by atoms with Gasteiger partial charge >= 0.3 is 0 Å². The fourth-order valence-corrected chi connectivity index (χ4v) is 2.23. The molecule has 2 aromatic rings. The lowest BCUT2D eigenvalue weighted by atomic mass is 10.1. The van der Waals surface area contributed by atoms with Crippen LogP contribution in [0.5, 0.6) is 0 Å². The maximum atomic E-state index is 12.0. The summed E-state index contributed by atoms with van der Waals surface area (Å²) in [6, 6.07) is 9.57. The van der Waals surface area contributed by atoms with Crippen LogP contribution in [0.25, 0.3) is 11.0 Å². The first-order valence-corrected chi connectivity index (χ1v) is 6.73. The third-order valence-corrected chi connectivity index (χ3v) is 3.37. The minimum Gasteiger partial charge on any atom is -0.459 e. The average molecular weight is 285 g/mol. The van der Waals surface area contributed by atoms with Crippen molar-refractivity contribution in [1.29, 1.82) is 0 Å². The summed E-state index contributed by atoms with van der Waals surface area (Å²) in [7, 11) is 1.55. The van der Waals surface area contributed by atoms with E-state index in [-0.39, 0.29) is 11.8 Å². The van der Waals surface area contributed by atoms with Crippen LogP contribution in [-0.4, -0.2) is 29.6 Å². The molecule has 0 saturated heterocycles. The molecule has 3 rings (SSSR count). The lowest BCUT2D eigenvalue weighted by Gasteiger charge is -2.18. The van der Waals surface area contributed by atoms with E-state index in [1.54, 1.807) is 7.05 Å². The number of furan rings is 1. The molecule has 0 unspecified atom stereocenters. The van der Waals surface area contributed by atoms with Crippen molar-refractivity contribution in [3.8, 4) is 0 Å². The zero-order valence-electron chi connectivity index (χ0n) is 11.6. The first kappa shape index (κ1) is 13.4. The van der Waals surface area contributed by atoms with Gasteiger partial charge in [0, 0.05) is 25.3 Å². The highest BCUT2D eigenvalue weighted by molar-refractivity contribution is 6.39. The van der Waals surface area contributed by atoms with Crippen molar-refractivity contribution >= 4 is 28.5 Å². The summed E-state index contributed by atoms with van der Waals surface area (Å²) in [6.45, 7) is 0.296. The minimum absolute atomic E-state index is 0.0798. The number of fused-ring (bicyclic) bond motifs is 1. The summed E-state index contributed by atoms with van der Waals surface area (Å²) in [5, 5.41) is 8.95. The van der Waals surface area contributed by atoms with Crippen LogP contribution in [-0.2, 0) is 16.1 Å². The van der Waals surface area contributed by atoms with Gasteiger partial charge in [-0.05, 0) is 12.1 Å². The number of amides is 2. The Labute approximate surface area is 121 Å². The van der Waals surface area contributed by atoms with Gasteiger partial charge < -0.3 is 9.73 Å². The molecule has 2 heterocycles. The fourth-order valence-electron chi connectivity index (χ4n) is 2.23. The summed E-state index contributed by atoms with van der Waals surface area (Å²) in [6.07, 6.45) is 0.683. The molecule has 1 aromatic heterocycles. The molecule has 0 fully saturated rings. The summed E-state index contributed by atoms with van der Waals surface area (Å²) < 4.78 is 5.62. The molecule has 6 nitrogen and oxygen atoms in total. The van der Waals surface area contributed by atoms with Gasteiger partial charge in [0.05, 0.1) is 6.54 Å². The van der Waals surface area contributed by atoms with Crippen molar-refractivity contribution in [3.05, 3.63) is 36.1 Å². The topological polar surface area (TPSA) is 74.9 Å². The van der Waals surface area contributed by atoms with E-state index in [2.05, 4.69) is 10.4 Å². The molecule has 6 heteroatoms. The van der Waals surface area contributed by atoms with E-state index in [0.717, 1.165) is 11.0 Å². The van der Waals surface area contributed by atoms with Crippen LogP contribution in [0.4, 0.5) is 0 Å². The number of carbonyl (C=O) groups excluding carboxylic acids is 2. The van der Waals surface area contributed by atoms with Crippen LogP contribution >= 0.6 is 0 Å². The molecule has 2 amide bonds. The van der Waals surface area contributed by atoms with E-state index >= 15 is 0 Å². The Kier molecular flexibility index (Phi) is 3.43. The largest absolute Gasteiger partial charge is 0.459 e. The standard InChI is InChI=1S/C15H15N3O3/c1-18-14(19)7-6-12(17-18)15(20)16-9-11-8-10-4-2-3-5-13(10)21-11/h2-5,8H,6-7,9H2,1H3,(H,16,20). The quantitative estimate of drug-likeness (QED) is 0.931. The lowest BCUT2D eigenvalue weighted by molar-refractivity contribution is -0.130. The van der Waals surface area contributed by atoms with Crippen LogP contribution in [0.2, 0.25) is 0 Å². The molecule has 0 atom stereocenters. The first-order valence-electron chi connectivity index (χ1n) is 6.73. The molecular formula is C15H15N3O3. The van der Waals surface area contributed by atoms with Crippen molar-refractivity contribution in [2.75, 3.05) is 7.05 Å². The molecule has 1 aromatic carbocycles. The fraction of sp³-hybridized carbons (Fsp3) is 0.267. The van der Waals surface area contributed by atoms with E-state index in [1.165, 1.54) is 5.01 Å². The molecule has 108 valence electrons. The van der Waals surface area contributed by atoms with Gasteiger partial charge in [0.2, 0.25) is 5.91 Å². The summed E-state index contributed by atoms with van der Waals surface area (Å²) in [4.78, 5) is 23.3. The van der Waals surface area contributed by atoms with Gasteiger partial charge in [0.25, 0.3) is 5.91 Å². The molecule has 0 saturated carbocycles. The molecule has 0 bridgehead atoms. The molecule has 21 heavy (non-hydrogen) atoms. The number of nitrogens with zero attached hydrogens (tertiary/aromatic N) is 2. The van der Waals surface area contributed by atoms with Crippen molar-refractivity contribution in [2.45, 2.75) is 19.4 Å². The van der Waals surface area contributed by atoms with Crippen molar-refractivity contribution in [1.82, 2.24) is 10.3 Å². The second kappa shape index (κ2) is 5.40. The maximum Gasteiger partial charge on any atom is 0.267 e. The number of nitrogens with one attached hydrogen (secondary N) is 1. The van der Waals surface area contributed by atoms with E-state index in [1.807, 2.05) is 30.3 Å². The number of carbonyl (C=O) groups is 2. The Hall–Kier alpha value is -2.63. The van der Waals surface area contributed by atoms with E-state index in [4.69, 9.17) is 4.42 Å². The minimum atomic E-state index is -0.269. The van der Waals surface area contributed by atoms with E-state index < -0.39 is 0 Å². The first-order chi connectivity index (χ1) is 10.1. The number of hydrogen-bond acceptors (Lipinski definition) is 4. The molecule has 1 N–H and O–H groups in total. The maximum absolute atomic E-state index is 12.0. The predicted octanol–water partition coefficient (Wildman–Crippen LogP) is 1.66. The van der Waals surface area contributed by atoms with E-state index in [9.17, 15) is 9.59 Å². The van der Waals surface area contributed by atoms with Gasteiger partial charge in [-0.2, -0.15) is 5.10 Å². The van der Waals surface area contributed by atoms with Crippen LogP contribution < -0.4 is 5.32 Å². The summed E-state index contributed by atoms with van der Waals surface area (Å²) >= 11 is 0. The van der Waals surface area contributed by atoms with Gasteiger partial charge in [-0.3, -0.25) is 9.59 Å². The number of hydrogen-bond donors (Lipinski definition) is 1. The molecule has 0 aliphatic carbocycles. The third kappa shape index (κ3) is 2.79. The molecule has 0 spiro atoms. The van der Waals surface area contributed by atoms with Crippen LogP contribution in [0.15, 0.2) is 39.9 Å². The Morgan fingerprint density at radius 1 is 1.38 bits per heavy atom. The Balaban J connectivity index is 1.66. The Bertz CT molecular complexity index is 700. The number of para-hydroxylation sites is 1. The normalized spacial score (nSPS) is 15.2. The number of hydrazone groups is 1. The Morgan fingerprint density at radius 2 is 2.19 bits per heavy atom. The second-order valence-electron chi connectivity index (χ2n) is 4.90. The predicted molar refractivity (Wildman–Crippen MR) is 77.5 cm³/mol. The monoisotopic (exact) mass is 285 g/mol. The average Bonchev–Trinajstić information content (AvgIpc) is 2.90. The van der Waals surface area contributed by atoms with E-state index in [0.29, 0.717) is 30.9 Å². The van der Waals surface area contributed by atoms with Crippen LogP contribution in [0, 0.1) is 0 Å². The van der Waals surface area contributed by atoms with Gasteiger partial charge in [-0.1, -0.05) is 18.2 Å². The molecular weight excluding hydrogens is 270 g/mol. The summed E-state index contributed by atoms with van der Waals surface area (Å²) in [5.41, 5.74) is 1.16. The van der Waals surface area contributed by atoms with Crippen molar-refractivity contribution < 1.29 is 14.0 Å². The molecule has 1 aliphatic heterocycles. The zero-order valence-corrected chi connectivity index (χ0v) is 11.6. The van der Waals surface area contributed by atoms with Gasteiger partial charge in [-0.25, -0.2) is 5.01 Å². The third-order valence-electron chi connectivity index (χ3n) is 3.37. The zero-order chi connectivity index (χ0) is 14.8. The summed E-state index contributed by atoms with van der Waals surface area (Å²) in [5.74, 6) is 0.337. The highest BCUT2D eigenvalue weighted by Gasteiger charge is 2.21. The highest BCUT2D eigenvalue weighted by atomic mass is 16.3. The smallest absolute Gasteiger partial charge is 0.267 e. The van der Waals surface area contributed by atoms with Gasteiger partial charge in [0.1, 0.15) is 17.1 Å². The second-order valence-corrected chi connectivity index (χ2v) is 4.90. The van der Waals surface area contributed by atoms with Crippen LogP contribution in [0.1, 0.15) is 18.6 Å². The Morgan fingerprint density at radius 3 is 2.95 bits per heavy atom. The van der Waals surface area contributed by atoms with Gasteiger partial charge in [0.15, 0.2) is 0 Å². The van der Waals surface area contributed by atoms with Crippen molar-refractivity contribution in [3.63, 3.8) is 0 Å². The molecule has 1 aliphatic rings.